The van der Waals surface area contributed by atoms with Crippen molar-refractivity contribution in [3.63, 3.8) is 0 Å². The van der Waals surface area contributed by atoms with Gasteiger partial charge >= 0.3 is 5.97 Å². The minimum atomic E-state index is -0.831. The topological polar surface area (TPSA) is 92.2 Å². The van der Waals surface area contributed by atoms with Crippen molar-refractivity contribution in [3.8, 4) is 11.3 Å². The van der Waals surface area contributed by atoms with Crippen LogP contribution in [0.15, 0.2) is 72.8 Å². The molecule has 0 saturated carbocycles. The molecule has 1 amide bonds. The van der Waals surface area contributed by atoms with Gasteiger partial charge < -0.3 is 10.4 Å². The van der Waals surface area contributed by atoms with Gasteiger partial charge in [-0.15, -0.1) is 0 Å². The number of nitrogens with zero attached hydrogens (tertiary/aromatic N) is 2. The molecular weight excluding hydrogens is 457 g/mol. The van der Waals surface area contributed by atoms with E-state index in [2.05, 4.69) is 5.32 Å². The van der Waals surface area contributed by atoms with Crippen LogP contribution >= 0.6 is 0 Å². The standard InChI is InChI=1S/C29H28FN3O3/c1-19(21-7-3-2-4-8-21)31-29(36)23-15-16-24-26(17-23)32-25(9-5-6-10-27(34)35)28(33-24)22-13-11-20(18-30)12-14-22/h2-4,7-8,11-17,19H,5-6,9-10,18H2,1H3,(H,31,36)(H,34,35)/t19-/m1/s1. The minimum absolute atomic E-state index is 0.0887. The third-order valence-corrected chi connectivity index (χ3v) is 6.08. The first kappa shape index (κ1) is 25.0. The molecule has 36 heavy (non-hydrogen) atoms. The minimum Gasteiger partial charge on any atom is -0.481 e. The predicted molar refractivity (Wildman–Crippen MR) is 137 cm³/mol. The molecule has 0 bridgehead atoms. The van der Waals surface area contributed by atoms with Crippen LogP contribution in [0.1, 0.15) is 59.4 Å². The maximum Gasteiger partial charge on any atom is 0.303 e. The molecule has 1 atom stereocenters. The van der Waals surface area contributed by atoms with E-state index in [0.29, 0.717) is 47.1 Å². The molecule has 2 N–H and O–H groups in total. The molecule has 7 heteroatoms. The van der Waals surface area contributed by atoms with Crippen LogP contribution in [-0.2, 0) is 17.9 Å². The van der Waals surface area contributed by atoms with E-state index in [1.165, 1.54) is 0 Å². The highest BCUT2D eigenvalue weighted by Crippen LogP contribution is 2.26. The number of aliphatic carboxylic acids is 1. The molecular formula is C29H28FN3O3. The number of hydrogen-bond acceptors (Lipinski definition) is 4. The number of carboxylic acid groups (broad SMARTS) is 1. The number of halogens is 1. The molecule has 0 unspecified atom stereocenters. The van der Waals surface area contributed by atoms with Crippen molar-refractivity contribution in [2.24, 2.45) is 0 Å². The fourth-order valence-corrected chi connectivity index (χ4v) is 4.06. The zero-order valence-electron chi connectivity index (χ0n) is 20.1. The first-order chi connectivity index (χ1) is 17.4. The van der Waals surface area contributed by atoms with Gasteiger partial charge in [0.15, 0.2) is 0 Å². The monoisotopic (exact) mass is 485 g/mol. The summed E-state index contributed by atoms with van der Waals surface area (Å²) in [6.45, 7) is 1.39. The van der Waals surface area contributed by atoms with Crippen molar-refractivity contribution in [2.75, 3.05) is 0 Å². The molecule has 4 aromatic rings. The van der Waals surface area contributed by atoms with Crippen LogP contribution in [0.25, 0.3) is 22.3 Å². The molecule has 6 nitrogen and oxygen atoms in total. The molecule has 1 aromatic heterocycles. The number of carbonyl (C=O) groups excluding carboxylic acids is 1. The Morgan fingerprint density at radius 3 is 2.39 bits per heavy atom. The summed E-state index contributed by atoms with van der Waals surface area (Å²) in [4.78, 5) is 33.5. The van der Waals surface area contributed by atoms with E-state index in [9.17, 15) is 14.0 Å². The van der Waals surface area contributed by atoms with Crippen molar-refractivity contribution < 1.29 is 19.1 Å². The van der Waals surface area contributed by atoms with Gasteiger partial charge in [-0.2, -0.15) is 0 Å². The zero-order chi connectivity index (χ0) is 25.5. The summed E-state index contributed by atoms with van der Waals surface area (Å²) in [6.07, 6.45) is 1.79. The number of aromatic nitrogens is 2. The van der Waals surface area contributed by atoms with Gasteiger partial charge in [0, 0.05) is 17.5 Å². The van der Waals surface area contributed by atoms with Gasteiger partial charge in [0.1, 0.15) is 6.67 Å². The fourth-order valence-electron chi connectivity index (χ4n) is 4.06. The van der Waals surface area contributed by atoms with E-state index < -0.39 is 12.6 Å². The Balaban J connectivity index is 1.63. The highest BCUT2D eigenvalue weighted by Gasteiger charge is 2.15. The number of unbranched alkanes of at least 4 members (excludes halogenated alkanes) is 1. The SMILES string of the molecule is C[C@@H](NC(=O)c1ccc2nc(-c3ccc(CF)cc3)c(CCCCC(=O)O)nc2c1)c1ccccc1. The Hall–Kier alpha value is -4.13. The van der Waals surface area contributed by atoms with Gasteiger partial charge in [0.2, 0.25) is 0 Å². The van der Waals surface area contributed by atoms with Gasteiger partial charge in [0.05, 0.1) is 28.5 Å². The van der Waals surface area contributed by atoms with Crippen molar-refractivity contribution in [3.05, 3.63) is 95.2 Å². The lowest BCUT2D eigenvalue weighted by atomic mass is 10.0. The Morgan fingerprint density at radius 1 is 0.944 bits per heavy atom. The molecule has 0 fully saturated rings. The molecule has 184 valence electrons. The van der Waals surface area contributed by atoms with E-state index in [-0.39, 0.29) is 18.4 Å². The highest BCUT2D eigenvalue weighted by molar-refractivity contribution is 5.97. The molecule has 0 aliphatic carbocycles. The number of rotatable bonds is 10. The summed E-state index contributed by atoms with van der Waals surface area (Å²) < 4.78 is 13.0. The second kappa shape index (κ2) is 11.5. The Bertz CT molecular complexity index is 1360. The van der Waals surface area contributed by atoms with Gasteiger partial charge in [-0.3, -0.25) is 9.59 Å². The largest absolute Gasteiger partial charge is 0.481 e. The molecule has 1 heterocycles. The molecule has 0 spiro atoms. The normalized spacial score (nSPS) is 11.8. The lowest BCUT2D eigenvalue weighted by Gasteiger charge is -2.15. The average molecular weight is 486 g/mol. The summed E-state index contributed by atoms with van der Waals surface area (Å²) in [6, 6.07) is 21.9. The van der Waals surface area contributed by atoms with Crippen LogP contribution < -0.4 is 5.32 Å². The first-order valence-electron chi connectivity index (χ1n) is 12.0. The van der Waals surface area contributed by atoms with Gasteiger partial charge in [-0.05, 0) is 55.5 Å². The third kappa shape index (κ3) is 6.10. The maximum absolute atomic E-state index is 13.0. The number of carboxylic acids is 1. The van der Waals surface area contributed by atoms with E-state index in [1.807, 2.05) is 49.4 Å². The second-order valence-electron chi connectivity index (χ2n) is 8.76. The number of fused-ring (bicyclic) bond motifs is 1. The first-order valence-corrected chi connectivity index (χ1v) is 12.0. The number of nitrogens with one attached hydrogen (secondary N) is 1. The summed E-state index contributed by atoms with van der Waals surface area (Å²) in [5.74, 6) is -1.04. The van der Waals surface area contributed by atoms with E-state index in [4.69, 9.17) is 15.1 Å². The lowest BCUT2D eigenvalue weighted by molar-refractivity contribution is -0.137. The predicted octanol–water partition coefficient (Wildman–Crippen LogP) is 6.05. The van der Waals surface area contributed by atoms with Crippen LogP contribution in [0, 0.1) is 0 Å². The highest BCUT2D eigenvalue weighted by atomic mass is 19.1. The second-order valence-corrected chi connectivity index (χ2v) is 8.76. The zero-order valence-corrected chi connectivity index (χ0v) is 20.1. The molecule has 3 aromatic carbocycles. The molecule has 0 aliphatic rings. The van der Waals surface area contributed by atoms with Crippen LogP contribution in [0.2, 0.25) is 0 Å². The fraction of sp³-hybridized carbons (Fsp3) is 0.241. The van der Waals surface area contributed by atoms with E-state index >= 15 is 0 Å². The number of aryl methyl sites for hydroxylation is 1. The summed E-state index contributed by atoms with van der Waals surface area (Å²) >= 11 is 0. The Kier molecular flexibility index (Phi) is 8.00. The number of carbonyl (C=O) groups is 2. The van der Waals surface area contributed by atoms with Gasteiger partial charge in [-0.1, -0.05) is 54.6 Å². The van der Waals surface area contributed by atoms with Crippen molar-refractivity contribution in [2.45, 2.75) is 45.3 Å². The number of alkyl halides is 1. The molecule has 0 aliphatic heterocycles. The molecule has 4 rings (SSSR count). The molecule has 0 saturated heterocycles. The summed E-state index contributed by atoms with van der Waals surface area (Å²) in [7, 11) is 0. The summed E-state index contributed by atoms with van der Waals surface area (Å²) in [5, 5.41) is 12.0. The quantitative estimate of drug-likeness (QED) is 0.267. The Morgan fingerprint density at radius 2 is 1.69 bits per heavy atom. The third-order valence-electron chi connectivity index (χ3n) is 6.08. The van der Waals surface area contributed by atoms with Crippen molar-refractivity contribution in [1.29, 1.82) is 0 Å². The smallest absolute Gasteiger partial charge is 0.303 e. The van der Waals surface area contributed by atoms with Crippen LogP contribution in [0.4, 0.5) is 4.39 Å². The Labute approximate surface area is 209 Å². The molecule has 0 radical (unpaired) electrons. The van der Waals surface area contributed by atoms with Gasteiger partial charge in [0.25, 0.3) is 5.91 Å². The van der Waals surface area contributed by atoms with E-state index in [1.54, 1.807) is 30.3 Å². The lowest BCUT2D eigenvalue weighted by Crippen LogP contribution is -2.26. The number of benzene rings is 3. The van der Waals surface area contributed by atoms with E-state index in [0.717, 1.165) is 16.8 Å². The maximum atomic E-state index is 13.0. The average Bonchev–Trinajstić information content (AvgIpc) is 2.90. The number of amides is 1. The van der Waals surface area contributed by atoms with Gasteiger partial charge in [-0.25, -0.2) is 14.4 Å². The van der Waals surface area contributed by atoms with Crippen LogP contribution in [0.3, 0.4) is 0 Å². The van der Waals surface area contributed by atoms with Crippen molar-refractivity contribution >= 4 is 22.9 Å². The van der Waals surface area contributed by atoms with Crippen molar-refractivity contribution in [1.82, 2.24) is 15.3 Å². The number of hydrogen-bond donors (Lipinski definition) is 2. The van der Waals surface area contributed by atoms with Crippen LogP contribution in [0.5, 0.6) is 0 Å². The summed E-state index contributed by atoms with van der Waals surface area (Å²) in [5.41, 5.74) is 5.52. The van der Waals surface area contributed by atoms with Crippen LogP contribution in [-0.4, -0.2) is 27.0 Å².